The van der Waals surface area contributed by atoms with E-state index in [0.29, 0.717) is 19.1 Å². The van der Waals surface area contributed by atoms with Gasteiger partial charge in [0.15, 0.2) is 0 Å². The zero-order valence-corrected chi connectivity index (χ0v) is 10.1. The van der Waals surface area contributed by atoms with Crippen LogP contribution in [0, 0.1) is 0 Å². The molecule has 0 saturated carbocycles. The Balaban J connectivity index is 2.56. The van der Waals surface area contributed by atoms with Gasteiger partial charge < -0.3 is 15.2 Å². The third-order valence-corrected chi connectivity index (χ3v) is 2.16. The molecule has 2 atom stereocenters. The van der Waals surface area contributed by atoms with Gasteiger partial charge in [-0.2, -0.15) is 0 Å². The molecule has 2 N–H and O–H groups in total. The van der Waals surface area contributed by atoms with Gasteiger partial charge in [0.1, 0.15) is 6.10 Å². The van der Waals surface area contributed by atoms with Crippen molar-refractivity contribution in [3.63, 3.8) is 0 Å². The molecule has 0 fully saturated rings. The van der Waals surface area contributed by atoms with Crippen molar-refractivity contribution in [2.75, 3.05) is 13.2 Å². The molecule has 0 saturated heterocycles. The van der Waals surface area contributed by atoms with Gasteiger partial charge >= 0.3 is 0 Å². The normalized spacial score (nSPS) is 14.5. The summed E-state index contributed by atoms with van der Waals surface area (Å²) >= 11 is 0. The van der Waals surface area contributed by atoms with Crippen molar-refractivity contribution in [1.29, 1.82) is 0 Å². The second-order valence-electron chi connectivity index (χ2n) is 3.80. The van der Waals surface area contributed by atoms with Gasteiger partial charge in [-0.05, 0) is 32.4 Å². The maximum absolute atomic E-state index is 5.79. The summed E-state index contributed by atoms with van der Waals surface area (Å²) in [6.07, 6.45) is 1.71. The van der Waals surface area contributed by atoms with E-state index in [4.69, 9.17) is 15.2 Å². The highest BCUT2D eigenvalue weighted by Gasteiger charge is 2.07. The zero-order chi connectivity index (χ0) is 12.0. The molecule has 1 unspecified atom stereocenters. The minimum atomic E-state index is -0.00690. The Morgan fingerprint density at radius 2 is 2.19 bits per heavy atom. The molecule has 4 heteroatoms. The van der Waals surface area contributed by atoms with Crippen LogP contribution in [0.3, 0.4) is 0 Å². The molecule has 0 aliphatic carbocycles. The van der Waals surface area contributed by atoms with E-state index in [2.05, 4.69) is 4.98 Å². The van der Waals surface area contributed by atoms with Crippen LogP contribution in [0.15, 0.2) is 18.3 Å². The Hall–Kier alpha value is -1.13. The summed E-state index contributed by atoms with van der Waals surface area (Å²) in [6, 6.07) is 3.75. The van der Waals surface area contributed by atoms with Crippen LogP contribution >= 0.6 is 0 Å². The average Bonchev–Trinajstić information content (AvgIpc) is 2.26. The number of hydrogen-bond acceptors (Lipinski definition) is 4. The Bertz CT molecular complexity index is 316. The van der Waals surface area contributed by atoms with E-state index in [9.17, 15) is 0 Å². The first-order valence-corrected chi connectivity index (χ1v) is 5.59. The summed E-state index contributed by atoms with van der Waals surface area (Å²) in [5, 5.41) is 0. The summed E-state index contributed by atoms with van der Waals surface area (Å²) < 4.78 is 10.9. The fourth-order valence-corrected chi connectivity index (χ4v) is 1.30. The molecule has 0 spiro atoms. The summed E-state index contributed by atoms with van der Waals surface area (Å²) in [6.45, 7) is 7.11. The number of nitrogens with two attached hydrogens (primary N) is 1. The molecule has 0 aromatic carbocycles. The van der Waals surface area contributed by atoms with Gasteiger partial charge in [0, 0.05) is 24.9 Å². The standard InChI is InChI=1S/C12H20N2O2/c1-4-15-8-9(2)16-12-7-11(10(3)13)5-6-14-12/h5-7,9-10H,4,8,13H2,1-3H3/t9?,10-/m1/s1. The maximum Gasteiger partial charge on any atom is 0.213 e. The van der Waals surface area contributed by atoms with Crippen molar-refractivity contribution in [2.24, 2.45) is 5.73 Å². The lowest BCUT2D eigenvalue weighted by molar-refractivity contribution is 0.0633. The third-order valence-electron chi connectivity index (χ3n) is 2.16. The number of hydrogen-bond donors (Lipinski definition) is 1. The summed E-state index contributed by atoms with van der Waals surface area (Å²) in [5.74, 6) is 0.599. The molecular formula is C12H20N2O2. The Kier molecular flexibility index (Phi) is 5.22. The Morgan fingerprint density at radius 1 is 1.44 bits per heavy atom. The van der Waals surface area contributed by atoms with Gasteiger partial charge in [0.2, 0.25) is 5.88 Å². The number of rotatable bonds is 6. The van der Waals surface area contributed by atoms with Crippen LogP contribution in [-0.4, -0.2) is 24.3 Å². The predicted molar refractivity (Wildman–Crippen MR) is 63.4 cm³/mol. The van der Waals surface area contributed by atoms with Crippen LogP contribution in [0.25, 0.3) is 0 Å². The van der Waals surface area contributed by atoms with Crippen LogP contribution in [0.1, 0.15) is 32.4 Å². The molecule has 1 heterocycles. The first-order chi connectivity index (χ1) is 7.63. The fourth-order valence-electron chi connectivity index (χ4n) is 1.30. The van der Waals surface area contributed by atoms with Crippen LogP contribution in [-0.2, 0) is 4.74 Å². The van der Waals surface area contributed by atoms with Gasteiger partial charge in [0.05, 0.1) is 6.61 Å². The van der Waals surface area contributed by atoms with E-state index < -0.39 is 0 Å². The molecule has 1 aromatic rings. The van der Waals surface area contributed by atoms with Crippen molar-refractivity contribution in [3.05, 3.63) is 23.9 Å². The minimum absolute atomic E-state index is 0.00391. The largest absolute Gasteiger partial charge is 0.472 e. The minimum Gasteiger partial charge on any atom is -0.472 e. The first-order valence-electron chi connectivity index (χ1n) is 5.59. The van der Waals surface area contributed by atoms with Crippen LogP contribution in [0.2, 0.25) is 0 Å². The lowest BCUT2D eigenvalue weighted by Gasteiger charge is -2.14. The molecular weight excluding hydrogens is 204 g/mol. The highest BCUT2D eigenvalue weighted by molar-refractivity contribution is 5.22. The lowest BCUT2D eigenvalue weighted by atomic mass is 10.1. The molecule has 0 aliphatic heterocycles. The monoisotopic (exact) mass is 224 g/mol. The van der Waals surface area contributed by atoms with Gasteiger partial charge in [0.25, 0.3) is 0 Å². The summed E-state index contributed by atoms with van der Waals surface area (Å²) in [7, 11) is 0. The van der Waals surface area contributed by atoms with Gasteiger partial charge in [-0.1, -0.05) is 0 Å². The number of pyridine rings is 1. The molecule has 0 bridgehead atoms. The van der Waals surface area contributed by atoms with E-state index in [1.54, 1.807) is 6.20 Å². The third kappa shape index (κ3) is 4.16. The van der Waals surface area contributed by atoms with Crippen molar-refractivity contribution >= 4 is 0 Å². The second kappa shape index (κ2) is 6.45. The van der Waals surface area contributed by atoms with Crippen molar-refractivity contribution in [1.82, 2.24) is 4.98 Å². The van der Waals surface area contributed by atoms with E-state index in [-0.39, 0.29) is 12.1 Å². The van der Waals surface area contributed by atoms with Crippen molar-refractivity contribution in [3.8, 4) is 5.88 Å². The first kappa shape index (κ1) is 12.9. The number of ether oxygens (including phenoxy) is 2. The Labute approximate surface area is 96.8 Å². The summed E-state index contributed by atoms with van der Waals surface area (Å²) in [4.78, 5) is 4.14. The molecule has 90 valence electrons. The maximum atomic E-state index is 5.79. The second-order valence-corrected chi connectivity index (χ2v) is 3.80. The fraction of sp³-hybridized carbons (Fsp3) is 0.583. The number of aromatic nitrogens is 1. The van der Waals surface area contributed by atoms with Gasteiger partial charge in [-0.15, -0.1) is 0 Å². The highest BCUT2D eigenvalue weighted by atomic mass is 16.5. The number of nitrogens with zero attached hydrogens (tertiary/aromatic N) is 1. The smallest absolute Gasteiger partial charge is 0.213 e. The average molecular weight is 224 g/mol. The summed E-state index contributed by atoms with van der Waals surface area (Å²) in [5.41, 5.74) is 6.81. The van der Waals surface area contributed by atoms with E-state index in [1.807, 2.05) is 32.9 Å². The van der Waals surface area contributed by atoms with Crippen molar-refractivity contribution in [2.45, 2.75) is 32.9 Å². The molecule has 1 rings (SSSR count). The highest BCUT2D eigenvalue weighted by Crippen LogP contribution is 2.15. The molecule has 0 radical (unpaired) electrons. The quantitative estimate of drug-likeness (QED) is 0.802. The van der Waals surface area contributed by atoms with Gasteiger partial charge in [-0.25, -0.2) is 4.98 Å². The van der Waals surface area contributed by atoms with Gasteiger partial charge in [-0.3, -0.25) is 0 Å². The topological polar surface area (TPSA) is 57.4 Å². The van der Waals surface area contributed by atoms with Crippen LogP contribution in [0.5, 0.6) is 5.88 Å². The molecule has 16 heavy (non-hydrogen) atoms. The predicted octanol–water partition coefficient (Wildman–Crippen LogP) is 1.91. The Morgan fingerprint density at radius 3 is 2.81 bits per heavy atom. The lowest BCUT2D eigenvalue weighted by Crippen LogP contribution is -2.19. The zero-order valence-electron chi connectivity index (χ0n) is 10.1. The van der Waals surface area contributed by atoms with Crippen LogP contribution < -0.4 is 10.5 Å². The molecule has 4 nitrogen and oxygen atoms in total. The van der Waals surface area contributed by atoms with E-state index >= 15 is 0 Å². The van der Waals surface area contributed by atoms with E-state index in [1.165, 1.54) is 0 Å². The molecule has 0 amide bonds. The van der Waals surface area contributed by atoms with Crippen molar-refractivity contribution < 1.29 is 9.47 Å². The molecule has 1 aromatic heterocycles. The molecule has 0 aliphatic rings. The van der Waals surface area contributed by atoms with E-state index in [0.717, 1.165) is 5.56 Å². The van der Waals surface area contributed by atoms with Crippen LogP contribution in [0.4, 0.5) is 0 Å². The SMILES string of the molecule is CCOCC(C)Oc1cc([C@@H](C)N)ccn1.